The summed E-state index contributed by atoms with van der Waals surface area (Å²) in [4.78, 5) is 0. The number of hydrogen-bond acceptors (Lipinski definition) is 1. The fourth-order valence-electron chi connectivity index (χ4n) is 1.76. The van der Waals surface area contributed by atoms with Gasteiger partial charge in [-0.25, -0.2) is 4.68 Å². The van der Waals surface area contributed by atoms with Gasteiger partial charge in [-0.2, -0.15) is 5.10 Å². The van der Waals surface area contributed by atoms with Crippen molar-refractivity contribution in [3.05, 3.63) is 58.3 Å². The molecule has 0 saturated heterocycles. The van der Waals surface area contributed by atoms with E-state index in [9.17, 15) is 0 Å². The Morgan fingerprint density at radius 3 is 2.50 bits per heavy atom. The summed E-state index contributed by atoms with van der Waals surface area (Å²) in [6.45, 7) is 0. The first-order chi connectivity index (χ1) is 7.84. The molecule has 0 unspecified atom stereocenters. The summed E-state index contributed by atoms with van der Waals surface area (Å²) in [6.07, 6.45) is 1.90. The minimum Gasteiger partial charge on any atom is -0.233 e. The monoisotopic (exact) mass is 320 g/mol. The molecular formula is C13H9IN2. The third kappa shape index (κ3) is 1.61. The Morgan fingerprint density at radius 1 is 0.938 bits per heavy atom. The van der Waals surface area contributed by atoms with Crippen LogP contribution in [0.5, 0.6) is 0 Å². The minimum absolute atomic E-state index is 1.10. The fourth-order valence-corrected chi connectivity index (χ4v) is 2.12. The maximum Gasteiger partial charge on any atom is 0.0741 e. The molecule has 2 aromatic carbocycles. The van der Waals surface area contributed by atoms with Crippen LogP contribution in [0.4, 0.5) is 0 Å². The van der Waals surface area contributed by atoms with Crippen LogP contribution in [0.1, 0.15) is 0 Å². The summed E-state index contributed by atoms with van der Waals surface area (Å²) >= 11 is 2.30. The maximum atomic E-state index is 4.41. The zero-order valence-electron chi connectivity index (χ0n) is 8.47. The smallest absolute Gasteiger partial charge is 0.0741 e. The molecule has 3 rings (SSSR count). The predicted octanol–water partition coefficient (Wildman–Crippen LogP) is 3.63. The van der Waals surface area contributed by atoms with E-state index in [1.165, 1.54) is 8.96 Å². The quantitative estimate of drug-likeness (QED) is 0.626. The van der Waals surface area contributed by atoms with Gasteiger partial charge in [-0.3, -0.25) is 0 Å². The second-order valence-electron chi connectivity index (χ2n) is 3.59. The van der Waals surface area contributed by atoms with E-state index in [1.54, 1.807) is 0 Å². The van der Waals surface area contributed by atoms with Crippen molar-refractivity contribution >= 4 is 33.5 Å². The lowest BCUT2D eigenvalue weighted by atomic mass is 10.2. The number of para-hydroxylation sites is 1. The van der Waals surface area contributed by atoms with E-state index in [2.05, 4.69) is 64.1 Å². The molecular weight excluding hydrogens is 311 g/mol. The molecule has 0 spiro atoms. The van der Waals surface area contributed by atoms with Crippen molar-refractivity contribution in [3.63, 3.8) is 0 Å². The van der Waals surface area contributed by atoms with E-state index in [4.69, 9.17) is 0 Å². The number of hydrogen-bond donors (Lipinski definition) is 0. The predicted molar refractivity (Wildman–Crippen MR) is 73.8 cm³/mol. The largest absolute Gasteiger partial charge is 0.233 e. The maximum absolute atomic E-state index is 4.41. The highest BCUT2D eigenvalue weighted by Gasteiger charge is 2.02. The van der Waals surface area contributed by atoms with Crippen molar-refractivity contribution in [2.45, 2.75) is 0 Å². The molecule has 0 radical (unpaired) electrons. The third-order valence-electron chi connectivity index (χ3n) is 2.55. The molecule has 16 heavy (non-hydrogen) atoms. The highest BCUT2D eigenvalue weighted by molar-refractivity contribution is 14.1. The molecule has 0 aliphatic carbocycles. The second kappa shape index (κ2) is 3.90. The van der Waals surface area contributed by atoms with Gasteiger partial charge in [0.2, 0.25) is 0 Å². The fraction of sp³-hybridized carbons (Fsp3) is 0. The summed E-state index contributed by atoms with van der Waals surface area (Å²) in [5, 5.41) is 5.58. The van der Waals surface area contributed by atoms with E-state index in [1.807, 2.05) is 23.0 Å². The lowest BCUT2D eigenvalue weighted by Crippen LogP contribution is -1.95. The van der Waals surface area contributed by atoms with Gasteiger partial charge in [-0.15, -0.1) is 0 Å². The lowest BCUT2D eigenvalue weighted by molar-refractivity contribution is 0.910. The molecule has 0 fully saturated rings. The molecule has 0 aliphatic heterocycles. The van der Waals surface area contributed by atoms with Gasteiger partial charge in [0, 0.05) is 8.96 Å². The van der Waals surface area contributed by atoms with Gasteiger partial charge < -0.3 is 0 Å². The van der Waals surface area contributed by atoms with Gasteiger partial charge in [0.1, 0.15) is 0 Å². The molecule has 3 aromatic rings. The molecule has 3 heteroatoms. The van der Waals surface area contributed by atoms with Crippen molar-refractivity contribution in [1.82, 2.24) is 9.78 Å². The van der Waals surface area contributed by atoms with Crippen molar-refractivity contribution in [2.24, 2.45) is 0 Å². The number of fused-ring (bicyclic) bond motifs is 1. The molecule has 0 bridgehead atoms. The zero-order valence-corrected chi connectivity index (χ0v) is 10.6. The first-order valence-corrected chi connectivity index (χ1v) is 6.11. The minimum atomic E-state index is 1.10. The zero-order chi connectivity index (χ0) is 11.0. The van der Waals surface area contributed by atoms with Crippen LogP contribution >= 0.6 is 22.6 Å². The molecule has 0 saturated carbocycles. The first-order valence-electron chi connectivity index (χ1n) is 5.03. The Bertz CT molecular complexity index is 626. The molecule has 0 atom stereocenters. The van der Waals surface area contributed by atoms with Crippen molar-refractivity contribution < 1.29 is 0 Å². The van der Waals surface area contributed by atoms with Crippen LogP contribution in [-0.2, 0) is 0 Å². The normalized spacial score (nSPS) is 10.8. The van der Waals surface area contributed by atoms with E-state index < -0.39 is 0 Å². The van der Waals surface area contributed by atoms with Gasteiger partial charge in [-0.1, -0.05) is 18.2 Å². The SMILES string of the molecule is Ic1ccc(-n2ncc3ccccc32)cc1. The van der Waals surface area contributed by atoms with Crippen LogP contribution in [0.3, 0.4) is 0 Å². The summed E-state index contributed by atoms with van der Waals surface area (Å²) in [6, 6.07) is 16.6. The van der Waals surface area contributed by atoms with Crippen molar-refractivity contribution in [2.75, 3.05) is 0 Å². The lowest BCUT2D eigenvalue weighted by Gasteiger charge is -2.03. The number of halogens is 1. The summed E-state index contributed by atoms with van der Waals surface area (Å²) < 4.78 is 3.20. The Kier molecular flexibility index (Phi) is 2.40. The number of rotatable bonds is 1. The van der Waals surface area contributed by atoms with Gasteiger partial charge in [0.25, 0.3) is 0 Å². The number of nitrogens with zero attached hydrogens (tertiary/aromatic N) is 2. The Hall–Kier alpha value is -1.36. The molecule has 0 N–H and O–H groups in total. The first kappa shape index (κ1) is 9.84. The van der Waals surface area contributed by atoms with Crippen LogP contribution in [0.15, 0.2) is 54.7 Å². The number of benzene rings is 2. The third-order valence-corrected chi connectivity index (χ3v) is 3.27. The van der Waals surface area contributed by atoms with E-state index in [0.29, 0.717) is 0 Å². The highest BCUT2D eigenvalue weighted by Crippen LogP contribution is 2.18. The molecule has 1 heterocycles. The Balaban J connectivity index is 2.22. The second-order valence-corrected chi connectivity index (χ2v) is 4.84. The summed E-state index contributed by atoms with van der Waals surface area (Å²) in [5.41, 5.74) is 2.24. The number of aromatic nitrogens is 2. The van der Waals surface area contributed by atoms with Gasteiger partial charge >= 0.3 is 0 Å². The molecule has 1 aromatic heterocycles. The topological polar surface area (TPSA) is 17.8 Å². The van der Waals surface area contributed by atoms with Crippen LogP contribution in [0.2, 0.25) is 0 Å². The summed E-state index contributed by atoms with van der Waals surface area (Å²) in [5.74, 6) is 0. The van der Waals surface area contributed by atoms with E-state index >= 15 is 0 Å². The highest BCUT2D eigenvalue weighted by atomic mass is 127. The summed E-state index contributed by atoms with van der Waals surface area (Å²) in [7, 11) is 0. The average Bonchev–Trinajstić information content (AvgIpc) is 2.74. The van der Waals surface area contributed by atoms with Gasteiger partial charge in [0.15, 0.2) is 0 Å². The van der Waals surface area contributed by atoms with Crippen molar-refractivity contribution in [1.29, 1.82) is 0 Å². The molecule has 0 amide bonds. The van der Waals surface area contributed by atoms with Crippen LogP contribution < -0.4 is 0 Å². The Morgan fingerprint density at radius 2 is 1.69 bits per heavy atom. The van der Waals surface area contributed by atoms with Gasteiger partial charge in [0.05, 0.1) is 17.4 Å². The average molecular weight is 320 g/mol. The Labute approximate surface area is 107 Å². The molecule has 2 nitrogen and oxygen atoms in total. The van der Waals surface area contributed by atoms with Crippen LogP contribution in [0, 0.1) is 3.57 Å². The molecule has 78 valence electrons. The standard InChI is InChI=1S/C13H9IN2/c14-11-5-7-12(8-6-11)16-13-4-2-1-3-10(13)9-15-16/h1-9H. The van der Waals surface area contributed by atoms with E-state index in [-0.39, 0.29) is 0 Å². The van der Waals surface area contributed by atoms with Crippen LogP contribution in [0.25, 0.3) is 16.6 Å². The van der Waals surface area contributed by atoms with E-state index in [0.717, 1.165) is 11.2 Å². The van der Waals surface area contributed by atoms with Crippen molar-refractivity contribution in [3.8, 4) is 5.69 Å². The van der Waals surface area contributed by atoms with Gasteiger partial charge in [-0.05, 0) is 52.9 Å². The van der Waals surface area contributed by atoms with Crippen LogP contribution in [-0.4, -0.2) is 9.78 Å². The molecule has 0 aliphatic rings.